The van der Waals surface area contributed by atoms with E-state index in [-0.39, 0.29) is 5.63 Å². The molecule has 3 aromatic heterocycles. The lowest BCUT2D eigenvalue weighted by Crippen LogP contribution is -2.02. The quantitative estimate of drug-likeness (QED) is 0.326. The molecular weight excluding hydrogens is 402 g/mol. The molecule has 0 aliphatic heterocycles. The number of rotatable bonds is 5. The zero-order valence-corrected chi connectivity index (χ0v) is 17.4. The molecule has 0 bridgehead atoms. The first kappa shape index (κ1) is 17.5. The molecular formula is C22H19N3O2S2. The van der Waals surface area contributed by atoms with E-state index < -0.39 is 0 Å². The van der Waals surface area contributed by atoms with Gasteiger partial charge in [0.25, 0.3) is 0 Å². The monoisotopic (exact) mass is 421 g/mol. The van der Waals surface area contributed by atoms with Crippen LogP contribution >= 0.6 is 23.1 Å². The van der Waals surface area contributed by atoms with Crippen molar-refractivity contribution in [1.82, 2.24) is 14.8 Å². The Kier molecular flexibility index (Phi) is 4.13. The lowest BCUT2D eigenvalue weighted by atomic mass is 10.0. The highest BCUT2D eigenvalue weighted by Crippen LogP contribution is 2.42. The average Bonchev–Trinajstić information content (AvgIpc) is 3.12. The maximum Gasteiger partial charge on any atom is 0.336 e. The van der Waals surface area contributed by atoms with Gasteiger partial charge in [-0.05, 0) is 72.4 Å². The predicted molar refractivity (Wildman–Crippen MR) is 116 cm³/mol. The number of hydrogen-bond donors (Lipinski definition) is 0. The van der Waals surface area contributed by atoms with Crippen molar-refractivity contribution >= 4 is 34.1 Å². The molecule has 0 amide bonds. The summed E-state index contributed by atoms with van der Waals surface area (Å²) < 4.78 is 7.79. The molecule has 0 N–H and O–H groups in total. The van der Waals surface area contributed by atoms with Crippen LogP contribution in [0.3, 0.4) is 0 Å². The third kappa shape index (κ3) is 3.13. The first-order chi connectivity index (χ1) is 14.3. The molecule has 5 nitrogen and oxygen atoms in total. The number of fused-ring (bicyclic) bond motifs is 2. The first-order valence-electron chi connectivity index (χ1n) is 9.96. The Morgan fingerprint density at radius 2 is 2.03 bits per heavy atom. The van der Waals surface area contributed by atoms with Crippen molar-refractivity contribution in [2.75, 3.05) is 0 Å². The number of nitrogens with zero attached hydrogens (tertiary/aromatic N) is 3. The van der Waals surface area contributed by atoms with E-state index in [0.717, 1.165) is 39.6 Å². The standard InChI is InChI=1S/C22H19N3O2S2/c26-20-11-15(17-9-13-3-1-4-14(13)10-18(17)27-20)12-29-22-24-23-21(19-5-2-8-28-19)25(22)16-6-7-16/h2,5,8-11,16H,1,3-4,6-7,12H2. The minimum atomic E-state index is -0.283. The number of hydrogen-bond acceptors (Lipinski definition) is 6. The van der Waals surface area contributed by atoms with E-state index in [1.807, 2.05) is 6.07 Å². The predicted octanol–water partition coefficient (Wildman–Crippen LogP) is 5.23. The summed E-state index contributed by atoms with van der Waals surface area (Å²) in [6.45, 7) is 0. The van der Waals surface area contributed by atoms with Crippen LogP contribution in [0.1, 0.15) is 42.0 Å². The van der Waals surface area contributed by atoms with Gasteiger partial charge in [0.1, 0.15) is 5.58 Å². The second-order valence-corrected chi connectivity index (χ2v) is 9.62. The summed E-state index contributed by atoms with van der Waals surface area (Å²) in [6, 6.07) is 10.6. The van der Waals surface area contributed by atoms with Crippen LogP contribution in [0.4, 0.5) is 0 Å². The van der Waals surface area contributed by atoms with Crippen molar-refractivity contribution in [1.29, 1.82) is 0 Å². The zero-order chi connectivity index (χ0) is 19.4. The second kappa shape index (κ2) is 6.85. The molecule has 1 aromatic carbocycles. The van der Waals surface area contributed by atoms with E-state index in [4.69, 9.17) is 4.42 Å². The van der Waals surface area contributed by atoms with Crippen LogP contribution in [0, 0.1) is 0 Å². The summed E-state index contributed by atoms with van der Waals surface area (Å²) >= 11 is 3.35. The molecule has 6 rings (SSSR count). The second-order valence-electron chi connectivity index (χ2n) is 7.73. The number of thioether (sulfide) groups is 1. The maximum absolute atomic E-state index is 12.2. The SMILES string of the molecule is O=c1cc(CSc2nnc(-c3cccs3)n2C2CC2)c2cc3c(cc2o1)CCC3. The summed E-state index contributed by atoms with van der Waals surface area (Å²) in [6.07, 6.45) is 5.71. The highest BCUT2D eigenvalue weighted by Gasteiger charge is 2.30. The molecule has 0 radical (unpaired) electrons. The lowest BCUT2D eigenvalue weighted by molar-refractivity contribution is 0.559. The summed E-state index contributed by atoms with van der Waals surface area (Å²) in [4.78, 5) is 13.3. The first-order valence-corrected chi connectivity index (χ1v) is 11.8. The molecule has 2 aliphatic rings. The smallest absolute Gasteiger partial charge is 0.336 e. The van der Waals surface area contributed by atoms with E-state index in [1.54, 1.807) is 29.2 Å². The largest absolute Gasteiger partial charge is 0.423 e. The molecule has 29 heavy (non-hydrogen) atoms. The number of aromatic nitrogens is 3. The van der Waals surface area contributed by atoms with Gasteiger partial charge in [-0.3, -0.25) is 4.57 Å². The maximum atomic E-state index is 12.2. The Balaban J connectivity index is 1.36. The minimum Gasteiger partial charge on any atom is -0.423 e. The molecule has 0 saturated heterocycles. The molecule has 0 atom stereocenters. The Labute approximate surface area is 175 Å². The molecule has 0 unspecified atom stereocenters. The van der Waals surface area contributed by atoms with Gasteiger partial charge in [-0.2, -0.15) is 0 Å². The van der Waals surface area contributed by atoms with E-state index in [9.17, 15) is 4.79 Å². The van der Waals surface area contributed by atoms with Gasteiger partial charge in [0.2, 0.25) is 0 Å². The summed E-state index contributed by atoms with van der Waals surface area (Å²) in [7, 11) is 0. The summed E-state index contributed by atoms with van der Waals surface area (Å²) in [5.74, 6) is 1.64. The zero-order valence-electron chi connectivity index (χ0n) is 15.8. The number of thiophene rings is 1. The van der Waals surface area contributed by atoms with Crippen LogP contribution in [0.5, 0.6) is 0 Å². The van der Waals surface area contributed by atoms with E-state index in [0.29, 0.717) is 17.4 Å². The molecule has 3 heterocycles. The van der Waals surface area contributed by atoms with Gasteiger partial charge in [-0.1, -0.05) is 17.8 Å². The fourth-order valence-electron chi connectivity index (χ4n) is 4.17. The van der Waals surface area contributed by atoms with Crippen molar-refractivity contribution in [2.45, 2.75) is 49.1 Å². The molecule has 7 heteroatoms. The Bertz CT molecular complexity index is 1270. The minimum absolute atomic E-state index is 0.283. The van der Waals surface area contributed by atoms with Gasteiger partial charge in [0.15, 0.2) is 11.0 Å². The van der Waals surface area contributed by atoms with Crippen molar-refractivity contribution < 1.29 is 4.42 Å². The van der Waals surface area contributed by atoms with Crippen molar-refractivity contribution in [3.05, 3.63) is 62.8 Å². The van der Waals surface area contributed by atoms with Crippen molar-refractivity contribution in [3.8, 4) is 10.7 Å². The number of aryl methyl sites for hydroxylation is 2. The normalized spacial score (nSPS) is 15.9. The van der Waals surface area contributed by atoms with Gasteiger partial charge in [-0.25, -0.2) is 4.79 Å². The van der Waals surface area contributed by atoms with Gasteiger partial charge < -0.3 is 4.42 Å². The van der Waals surface area contributed by atoms with Crippen LogP contribution in [-0.4, -0.2) is 14.8 Å². The third-order valence-corrected chi connectivity index (χ3v) is 7.58. The van der Waals surface area contributed by atoms with Gasteiger partial charge >= 0.3 is 5.63 Å². The highest BCUT2D eigenvalue weighted by atomic mass is 32.2. The van der Waals surface area contributed by atoms with E-state index >= 15 is 0 Å². The number of benzene rings is 1. The van der Waals surface area contributed by atoms with Gasteiger partial charge in [0, 0.05) is 23.2 Å². The van der Waals surface area contributed by atoms with Crippen LogP contribution < -0.4 is 5.63 Å². The molecule has 1 fully saturated rings. The average molecular weight is 422 g/mol. The Morgan fingerprint density at radius 3 is 2.83 bits per heavy atom. The van der Waals surface area contributed by atoms with Crippen LogP contribution in [0.2, 0.25) is 0 Å². The van der Waals surface area contributed by atoms with Crippen molar-refractivity contribution in [3.63, 3.8) is 0 Å². The Hall–Kier alpha value is -2.38. The fraction of sp³-hybridized carbons (Fsp3) is 0.318. The highest BCUT2D eigenvalue weighted by molar-refractivity contribution is 7.98. The molecule has 0 spiro atoms. The summed E-state index contributed by atoms with van der Waals surface area (Å²) in [5.41, 5.74) is 4.14. The van der Waals surface area contributed by atoms with E-state index in [1.165, 1.54) is 30.4 Å². The Morgan fingerprint density at radius 1 is 1.17 bits per heavy atom. The molecule has 146 valence electrons. The van der Waals surface area contributed by atoms with Crippen LogP contribution in [-0.2, 0) is 18.6 Å². The molecule has 2 aliphatic carbocycles. The lowest BCUT2D eigenvalue weighted by Gasteiger charge is -2.10. The fourth-order valence-corrected chi connectivity index (χ4v) is 5.87. The van der Waals surface area contributed by atoms with Crippen molar-refractivity contribution in [2.24, 2.45) is 0 Å². The third-order valence-electron chi connectivity index (χ3n) is 5.72. The molecule has 4 aromatic rings. The van der Waals surface area contributed by atoms with Crippen LogP contribution in [0.25, 0.3) is 21.7 Å². The summed E-state index contributed by atoms with van der Waals surface area (Å²) in [5, 5.41) is 13.0. The van der Waals surface area contributed by atoms with E-state index in [2.05, 4.69) is 38.3 Å². The topological polar surface area (TPSA) is 60.9 Å². The van der Waals surface area contributed by atoms with Crippen LogP contribution in [0.15, 0.2) is 50.1 Å². The van der Waals surface area contributed by atoms with Gasteiger partial charge in [-0.15, -0.1) is 21.5 Å². The van der Waals surface area contributed by atoms with Gasteiger partial charge in [0.05, 0.1) is 4.88 Å². The molecule has 1 saturated carbocycles.